The molecule has 0 N–H and O–H groups in total. The van der Waals surface area contributed by atoms with Crippen molar-refractivity contribution in [3.8, 4) is 17.3 Å². The Morgan fingerprint density at radius 1 is 1.37 bits per heavy atom. The maximum atomic E-state index is 9.15. The Balaban J connectivity index is 1.89. The first-order valence-corrected chi connectivity index (χ1v) is 7.43. The molecular weight excluding hydrogens is 252 g/mol. The summed E-state index contributed by atoms with van der Waals surface area (Å²) in [4.78, 5) is 4.72. The minimum Gasteiger partial charge on any atom is -0.241 e. The van der Waals surface area contributed by atoms with Gasteiger partial charge in [-0.2, -0.15) is 5.26 Å². The highest BCUT2D eigenvalue weighted by Gasteiger charge is 2.43. The third-order valence-electron chi connectivity index (χ3n) is 3.80. The third kappa shape index (κ3) is 2.41. The molecule has 2 nitrogen and oxygen atoms in total. The van der Waals surface area contributed by atoms with E-state index in [1.165, 1.54) is 16.7 Å². The number of aromatic nitrogens is 1. The average molecular weight is 268 g/mol. The van der Waals surface area contributed by atoms with Gasteiger partial charge in [-0.3, -0.25) is 0 Å². The molecule has 0 bridgehead atoms. The van der Waals surface area contributed by atoms with Crippen LogP contribution in [0.3, 0.4) is 0 Å². The molecule has 96 valence electrons. The largest absolute Gasteiger partial charge is 0.241 e. The number of rotatable bonds is 3. The van der Waals surface area contributed by atoms with E-state index >= 15 is 0 Å². The summed E-state index contributed by atoms with van der Waals surface area (Å²) in [5.41, 5.74) is 4.67. The molecule has 0 amide bonds. The second-order valence-electron chi connectivity index (χ2n) is 5.51. The summed E-state index contributed by atoms with van der Waals surface area (Å²) in [6.45, 7) is 4.22. The fraction of sp³-hybridized carbons (Fsp3) is 0.375. The quantitative estimate of drug-likeness (QED) is 0.833. The Morgan fingerprint density at radius 2 is 2.16 bits per heavy atom. The smallest absolute Gasteiger partial charge is 0.0948 e. The van der Waals surface area contributed by atoms with Crippen LogP contribution in [0, 0.1) is 30.6 Å². The van der Waals surface area contributed by atoms with E-state index in [-0.39, 0.29) is 5.41 Å². The van der Waals surface area contributed by atoms with Gasteiger partial charge in [0.1, 0.15) is 0 Å². The zero-order valence-corrected chi connectivity index (χ0v) is 12.0. The van der Waals surface area contributed by atoms with Gasteiger partial charge in [0.15, 0.2) is 0 Å². The Bertz CT molecular complexity index is 660. The number of hydrogen-bond acceptors (Lipinski definition) is 3. The number of nitrogens with zero attached hydrogens (tertiary/aromatic N) is 2. The van der Waals surface area contributed by atoms with Gasteiger partial charge >= 0.3 is 0 Å². The van der Waals surface area contributed by atoms with Crippen LogP contribution in [0.1, 0.15) is 29.0 Å². The van der Waals surface area contributed by atoms with Crippen LogP contribution in [0.4, 0.5) is 0 Å². The van der Waals surface area contributed by atoms with Gasteiger partial charge in [0, 0.05) is 17.4 Å². The second-order valence-corrected chi connectivity index (χ2v) is 6.46. The first-order valence-electron chi connectivity index (χ1n) is 6.55. The van der Waals surface area contributed by atoms with E-state index in [2.05, 4.69) is 43.5 Å². The minimum absolute atomic E-state index is 0.100. The SMILES string of the molecule is Cc1ccc(C)c(-c2csc(CC3(C#N)CC3)n2)c1. The van der Waals surface area contributed by atoms with E-state index in [1.807, 2.05) is 0 Å². The van der Waals surface area contributed by atoms with Crippen LogP contribution in [-0.2, 0) is 6.42 Å². The van der Waals surface area contributed by atoms with Crippen LogP contribution in [-0.4, -0.2) is 4.98 Å². The summed E-state index contributed by atoms with van der Waals surface area (Å²) >= 11 is 1.68. The molecule has 0 radical (unpaired) electrons. The highest BCUT2D eigenvalue weighted by Crippen LogP contribution is 2.48. The number of nitriles is 1. The van der Waals surface area contributed by atoms with Crippen molar-refractivity contribution in [1.29, 1.82) is 5.26 Å². The number of benzene rings is 1. The second kappa shape index (κ2) is 4.47. The van der Waals surface area contributed by atoms with Crippen LogP contribution < -0.4 is 0 Å². The van der Waals surface area contributed by atoms with Gasteiger partial charge in [-0.15, -0.1) is 11.3 Å². The first-order chi connectivity index (χ1) is 9.12. The number of aryl methyl sites for hydroxylation is 2. The highest BCUT2D eigenvalue weighted by atomic mass is 32.1. The van der Waals surface area contributed by atoms with Gasteiger partial charge in [0.2, 0.25) is 0 Å². The van der Waals surface area contributed by atoms with E-state index in [0.29, 0.717) is 0 Å². The normalized spacial score (nSPS) is 16.1. The molecule has 1 saturated carbocycles. The lowest BCUT2D eigenvalue weighted by molar-refractivity contribution is 0.662. The average Bonchev–Trinajstić information content (AvgIpc) is 3.02. The van der Waals surface area contributed by atoms with Crippen molar-refractivity contribution >= 4 is 11.3 Å². The Hall–Kier alpha value is -1.66. The fourth-order valence-corrected chi connectivity index (χ4v) is 3.23. The van der Waals surface area contributed by atoms with Gasteiger partial charge in [0.25, 0.3) is 0 Å². The zero-order chi connectivity index (χ0) is 13.5. The summed E-state index contributed by atoms with van der Waals surface area (Å²) < 4.78 is 0. The molecular formula is C16H16N2S. The first kappa shape index (κ1) is 12.4. The molecule has 1 fully saturated rings. The van der Waals surface area contributed by atoms with E-state index in [4.69, 9.17) is 10.2 Å². The van der Waals surface area contributed by atoms with Gasteiger partial charge < -0.3 is 0 Å². The Labute approximate surface area is 117 Å². The molecule has 0 unspecified atom stereocenters. The van der Waals surface area contributed by atoms with Crippen molar-refractivity contribution in [2.45, 2.75) is 33.1 Å². The van der Waals surface area contributed by atoms with Crippen LogP contribution in [0.2, 0.25) is 0 Å². The number of hydrogen-bond donors (Lipinski definition) is 0. The van der Waals surface area contributed by atoms with E-state index in [1.54, 1.807) is 11.3 Å². The van der Waals surface area contributed by atoms with E-state index < -0.39 is 0 Å². The summed E-state index contributed by atoms with van der Waals surface area (Å²) in [7, 11) is 0. The van der Waals surface area contributed by atoms with Crippen LogP contribution in [0.5, 0.6) is 0 Å². The van der Waals surface area contributed by atoms with Crippen molar-refractivity contribution in [1.82, 2.24) is 4.98 Å². The summed E-state index contributed by atoms with van der Waals surface area (Å²) in [6.07, 6.45) is 2.88. The molecule has 3 rings (SSSR count). The van der Waals surface area contributed by atoms with Gasteiger partial charge in [0.05, 0.1) is 22.2 Å². The molecule has 1 heterocycles. The fourth-order valence-electron chi connectivity index (χ4n) is 2.30. The molecule has 0 atom stereocenters. The van der Waals surface area contributed by atoms with Gasteiger partial charge in [-0.1, -0.05) is 17.7 Å². The highest BCUT2D eigenvalue weighted by molar-refractivity contribution is 7.10. The molecule has 0 saturated heterocycles. The topological polar surface area (TPSA) is 36.7 Å². The molecule has 1 aliphatic carbocycles. The summed E-state index contributed by atoms with van der Waals surface area (Å²) in [6, 6.07) is 8.89. The van der Waals surface area contributed by atoms with Crippen molar-refractivity contribution in [3.05, 3.63) is 39.7 Å². The lowest BCUT2D eigenvalue weighted by Crippen LogP contribution is -2.00. The van der Waals surface area contributed by atoms with Crippen molar-refractivity contribution in [2.24, 2.45) is 5.41 Å². The van der Waals surface area contributed by atoms with Gasteiger partial charge in [-0.25, -0.2) is 4.98 Å². The molecule has 1 aromatic carbocycles. The van der Waals surface area contributed by atoms with Crippen molar-refractivity contribution < 1.29 is 0 Å². The molecule has 3 heteroatoms. The molecule has 2 aromatic rings. The Kier molecular flexibility index (Phi) is 2.91. The maximum Gasteiger partial charge on any atom is 0.0948 e. The Morgan fingerprint density at radius 3 is 2.84 bits per heavy atom. The summed E-state index contributed by atoms with van der Waals surface area (Å²) in [5, 5.41) is 12.4. The molecule has 19 heavy (non-hydrogen) atoms. The monoisotopic (exact) mass is 268 g/mol. The standard InChI is InChI=1S/C16H16N2S/c1-11-3-4-12(2)13(7-11)14-9-19-15(18-14)8-16(10-17)5-6-16/h3-4,7,9H,5-6,8H2,1-2H3. The predicted molar refractivity (Wildman–Crippen MR) is 78.0 cm³/mol. The van der Waals surface area contributed by atoms with Crippen LogP contribution in [0.25, 0.3) is 11.3 Å². The maximum absolute atomic E-state index is 9.15. The van der Waals surface area contributed by atoms with Crippen LogP contribution >= 0.6 is 11.3 Å². The van der Waals surface area contributed by atoms with Crippen LogP contribution in [0.15, 0.2) is 23.6 Å². The summed E-state index contributed by atoms with van der Waals surface area (Å²) in [5.74, 6) is 0. The lowest BCUT2D eigenvalue weighted by atomic mass is 10.0. The minimum atomic E-state index is -0.100. The molecule has 0 spiro atoms. The number of thiazole rings is 1. The lowest BCUT2D eigenvalue weighted by Gasteiger charge is -2.04. The molecule has 1 aliphatic rings. The van der Waals surface area contributed by atoms with E-state index in [9.17, 15) is 0 Å². The zero-order valence-electron chi connectivity index (χ0n) is 11.2. The predicted octanol–water partition coefficient (Wildman–Crippen LogP) is 4.27. The van der Waals surface area contributed by atoms with Crippen molar-refractivity contribution in [3.63, 3.8) is 0 Å². The van der Waals surface area contributed by atoms with E-state index in [0.717, 1.165) is 30.0 Å². The van der Waals surface area contributed by atoms with Crippen molar-refractivity contribution in [2.75, 3.05) is 0 Å². The molecule has 1 aromatic heterocycles. The molecule has 0 aliphatic heterocycles. The third-order valence-corrected chi connectivity index (χ3v) is 4.65. The van der Waals surface area contributed by atoms with Gasteiger partial charge in [-0.05, 0) is 38.3 Å².